The van der Waals surface area contributed by atoms with Crippen LogP contribution >= 0.6 is 11.6 Å². The number of ether oxygens (including phenoxy) is 1. The number of nitro groups is 1. The number of hydrogen-bond donors (Lipinski definition) is 1. The first-order chi connectivity index (χ1) is 16.9. The molecule has 3 aromatic rings. The van der Waals surface area contributed by atoms with E-state index in [2.05, 4.69) is 17.5 Å². The molecule has 1 aliphatic carbocycles. The first kappa shape index (κ1) is 22.8. The van der Waals surface area contributed by atoms with Gasteiger partial charge in [0.05, 0.1) is 16.5 Å². The van der Waals surface area contributed by atoms with E-state index in [1.165, 1.54) is 12.1 Å². The number of carbonyl (C=O) groups excluding carboxylic acids is 2. The largest absolute Gasteiger partial charge is 0.454 e. The second-order valence-corrected chi connectivity index (χ2v) is 9.07. The third kappa shape index (κ3) is 4.55. The quantitative estimate of drug-likeness (QED) is 0.148. The molecule has 0 fully saturated rings. The van der Waals surface area contributed by atoms with Crippen molar-refractivity contribution in [2.24, 2.45) is 5.92 Å². The Kier molecular flexibility index (Phi) is 6.09. The summed E-state index contributed by atoms with van der Waals surface area (Å²) in [5, 5.41) is 15.1. The number of anilines is 1. The molecule has 0 saturated carbocycles. The van der Waals surface area contributed by atoms with Crippen molar-refractivity contribution >= 4 is 34.7 Å². The molecule has 3 aromatic carbocycles. The highest BCUT2D eigenvalue weighted by Gasteiger charge is 2.38. The summed E-state index contributed by atoms with van der Waals surface area (Å²) in [6, 6.07) is 18.4. The van der Waals surface area contributed by atoms with E-state index in [1.807, 2.05) is 12.1 Å². The molecule has 1 aliphatic heterocycles. The highest BCUT2D eigenvalue weighted by atomic mass is 35.5. The number of halogens is 1. The molecule has 8 heteroatoms. The van der Waals surface area contributed by atoms with Crippen molar-refractivity contribution in [2.45, 2.75) is 18.4 Å². The average Bonchev–Trinajstić information content (AvgIpc) is 3.37. The van der Waals surface area contributed by atoms with Crippen LogP contribution in [-0.2, 0) is 4.74 Å². The zero-order valence-electron chi connectivity index (χ0n) is 18.5. The number of nitro benzene ring substituents is 1. The SMILES string of the molecule is O=C(COC(=O)c1ccc2c(c1)[C@@H]1C=CC[C@@H]1[C@@H](c1ccc([N+](=O)[O-])cc1)N2)c1ccc(Cl)cc1. The molecular formula is C27H21ClN2O5. The number of allylic oxidation sites excluding steroid dienone is 2. The number of esters is 1. The van der Waals surface area contributed by atoms with E-state index in [0.717, 1.165) is 23.2 Å². The zero-order chi connectivity index (χ0) is 24.5. The number of ketones is 1. The summed E-state index contributed by atoms with van der Waals surface area (Å²) >= 11 is 5.85. The lowest BCUT2D eigenvalue weighted by Crippen LogP contribution is -2.29. The number of rotatable bonds is 6. The van der Waals surface area contributed by atoms with Crippen LogP contribution in [0, 0.1) is 16.0 Å². The lowest BCUT2D eigenvalue weighted by atomic mass is 9.76. The van der Waals surface area contributed by atoms with Crippen molar-refractivity contribution < 1.29 is 19.2 Å². The highest BCUT2D eigenvalue weighted by molar-refractivity contribution is 6.30. The van der Waals surface area contributed by atoms with Crippen molar-refractivity contribution in [1.29, 1.82) is 0 Å². The fraction of sp³-hybridized carbons (Fsp3) is 0.185. The van der Waals surface area contributed by atoms with E-state index in [1.54, 1.807) is 42.5 Å². The molecule has 0 aromatic heterocycles. The zero-order valence-corrected chi connectivity index (χ0v) is 19.3. The molecule has 3 atom stereocenters. The molecule has 0 unspecified atom stereocenters. The normalized spacial score (nSPS) is 19.9. The van der Waals surface area contributed by atoms with E-state index in [0.29, 0.717) is 16.1 Å². The number of fused-ring (bicyclic) bond motifs is 3. The van der Waals surface area contributed by atoms with Gasteiger partial charge in [0, 0.05) is 34.3 Å². The molecule has 0 spiro atoms. The van der Waals surface area contributed by atoms with Gasteiger partial charge in [0.2, 0.25) is 0 Å². The number of nitrogens with one attached hydrogen (secondary N) is 1. The van der Waals surface area contributed by atoms with Gasteiger partial charge in [0.15, 0.2) is 12.4 Å². The van der Waals surface area contributed by atoms with Gasteiger partial charge >= 0.3 is 5.97 Å². The predicted octanol–water partition coefficient (Wildman–Crippen LogP) is 6.11. The van der Waals surface area contributed by atoms with E-state index >= 15 is 0 Å². The van der Waals surface area contributed by atoms with Gasteiger partial charge in [-0.05, 0) is 65.9 Å². The fourth-order valence-electron chi connectivity index (χ4n) is 4.79. The van der Waals surface area contributed by atoms with Crippen molar-refractivity contribution in [3.63, 3.8) is 0 Å². The maximum atomic E-state index is 12.7. The summed E-state index contributed by atoms with van der Waals surface area (Å²) in [7, 11) is 0. The lowest BCUT2D eigenvalue weighted by molar-refractivity contribution is -0.384. The van der Waals surface area contributed by atoms with Crippen molar-refractivity contribution in [3.8, 4) is 0 Å². The van der Waals surface area contributed by atoms with E-state index in [-0.39, 0.29) is 36.0 Å². The molecule has 2 aliphatic rings. The molecule has 1 N–H and O–H groups in total. The molecule has 0 saturated heterocycles. The maximum Gasteiger partial charge on any atom is 0.338 e. The first-order valence-corrected chi connectivity index (χ1v) is 11.6. The van der Waals surface area contributed by atoms with Crippen molar-refractivity contribution in [1.82, 2.24) is 0 Å². The molecule has 35 heavy (non-hydrogen) atoms. The number of Topliss-reactive ketones (excluding diaryl/α,β-unsaturated/α-hetero) is 1. The number of benzene rings is 3. The van der Waals surface area contributed by atoms with Crippen LogP contribution in [0.5, 0.6) is 0 Å². The summed E-state index contributed by atoms with van der Waals surface area (Å²) < 4.78 is 5.28. The van der Waals surface area contributed by atoms with Gasteiger partial charge in [0.1, 0.15) is 0 Å². The Hall–Kier alpha value is -3.97. The smallest absolute Gasteiger partial charge is 0.338 e. The van der Waals surface area contributed by atoms with E-state index in [4.69, 9.17) is 16.3 Å². The average molecular weight is 489 g/mol. The Morgan fingerprint density at radius 2 is 1.74 bits per heavy atom. The Labute approximate surface area is 206 Å². The van der Waals surface area contributed by atoms with Crippen LogP contribution in [0.15, 0.2) is 78.9 Å². The first-order valence-electron chi connectivity index (χ1n) is 11.2. The monoisotopic (exact) mass is 488 g/mol. The topological polar surface area (TPSA) is 98.5 Å². The molecule has 7 nitrogen and oxygen atoms in total. The molecule has 1 heterocycles. The van der Waals surface area contributed by atoms with Gasteiger partial charge in [-0.15, -0.1) is 0 Å². The highest BCUT2D eigenvalue weighted by Crippen LogP contribution is 2.50. The number of hydrogen-bond acceptors (Lipinski definition) is 6. The van der Waals surface area contributed by atoms with E-state index < -0.39 is 10.9 Å². The van der Waals surface area contributed by atoms with Crippen LogP contribution < -0.4 is 5.32 Å². The summed E-state index contributed by atoms with van der Waals surface area (Å²) in [5.41, 5.74) is 3.72. The van der Waals surface area contributed by atoms with Crippen LogP contribution in [0.25, 0.3) is 0 Å². The number of carbonyl (C=O) groups is 2. The number of nitrogens with zero attached hydrogens (tertiary/aromatic N) is 1. The molecule has 176 valence electrons. The van der Waals surface area contributed by atoms with Gasteiger partial charge in [-0.3, -0.25) is 14.9 Å². The maximum absolute atomic E-state index is 12.7. The predicted molar refractivity (Wildman–Crippen MR) is 132 cm³/mol. The fourth-order valence-corrected chi connectivity index (χ4v) is 4.91. The lowest BCUT2D eigenvalue weighted by Gasteiger charge is -2.37. The van der Waals surface area contributed by atoms with Gasteiger partial charge in [-0.1, -0.05) is 35.9 Å². The number of non-ortho nitro benzene ring substituents is 1. The Morgan fingerprint density at radius 3 is 2.46 bits per heavy atom. The second kappa shape index (κ2) is 9.35. The van der Waals surface area contributed by atoms with Crippen LogP contribution in [0.1, 0.15) is 50.2 Å². The minimum Gasteiger partial charge on any atom is -0.454 e. The van der Waals surface area contributed by atoms with Crippen molar-refractivity contribution in [3.05, 3.63) is 116 Å². The minimum absolute atomic E-state index is 0.0156. The van der Waals surface area contributed by atoms with Gasteiger partial charge < -0.3 is 10.1 Å². The summed E-state index contributed by atoms with van der Waals surface area (Å²) in [5.74, 6) is -0.567. The van der Waals surface area contributed by atoms with Gasteiger partial charge in [0.25, 0.3) is 5.69 Å². The minimum atomic E-state index is -0.564. The Balaban J connectivity index is 1.33. The van der Waals surface area contributed by atoms with Crippen LogP contribution in [-0.4, -0.2) is 23.3 Å². The van der Waals surface area contributed by atoms with Gasteiger partial charge in [-0.2, -0.15) is 0 Å². The molecule has 5 rings (SSSR count). The van der Waals surface area contributed by atoms with Crippen LogP contribution in [0.2, 0.25) is 5.02 Å². The molecule has 0 amide bonds. The van der Waals surface area contributed by atoms with Crippen molar-refractivity contribution in [2.75, 3.05) is 11.9 Å². The molecular weight excluding hydrogens is 468 g/mol. The molecule has 0 bridgehead atoms. The Morgan fingerprint density at radius 1 is 1.03 bits per heavy atom. The van der Waals surface area contributed by atoms with E-state index in [9.17, 15) is 19.7 Å². The summed E-state index contributed by atoms with van der Waals surface area (Å²) in [4.78, 5) is 35.6. The van der Waals surface area contributed by atoms with Crippen LogP contribution in [0.3, 0.4) is 0 Å². The third-order valence-corrected chi connectivity index (χ3v) is 6.81. The third-order valence-electron chi connectivity index (χ3n) is 6.56. The molecule has 0 radical (unpaired) electrons. The summed E-state index contributed by atoms with van der Waals surface area (Å²) in [6.45, 7) is -0.357. The van der Waals surface area contributed by atoms with Crippen LogP contribution in [0.4, 0.5) is 11.4 Å². The second-order valence-electron chi connectivity index (χ2n) is 8.63. The van der Waals surface area contributed by atoms with Gasteiger partial charge in [-0.25, -0.2) is 4.79 Å². The standard InChI is InChI=1S/C27H21ClN2O5/c28-19-9-4-16(5-10-19)25(31)15-35-27(32)18-8-13-24-23(14-18)21-2-1-3-22(21)26(29-24)17-6-11-20(12-7-17)30(33)34/h1-2,4-14,21-22,26,29H,3,15H2/t21-,22+,26-/m1/s1. The summed E-state index contributed by atoms with van der Waals surface area (Å²) in [6.07, 6.45) is 5.12. The Bertz CT molecular complexity index is 1330.